The molecule has 0 saturated carbocycles. The van der Waals surface area contributed by atoms with Gasteiger partial charge in [-0.25, -0.2) is 9.37 Å². The van der Waals surface area contributed by atoms with Crippen molar-refractivity contribution in [2.75, 3.05) is 6.61 Å². The standard InChI is InChI=1S/C18H12Cl2FNO2/c1-10-2-7-13-14(19)8-15(20)18(17(13)22-10)24-9-16(23)11-3-5-12(21)6-4-11/h2-8H,9H2,1H3. The Bertz CT molecular complexity index is 926. The second-order valence-corrected chi connectivity index (χ2v) is 6.05. The molecule has 0 aliphatic heterocycles. The molecular formula is C18H12Cl2FNO2. The summed E-state index contributed by atoms with van der Waals surface area (Å²) in [6.07, 6.45) is 0. The summed E-state index contributed by atoms with van der Waals surface area (Å²) in [5, 5.41) is 1.42. The minimum Gasteiger partial charge on any atom is -0.482 e. The summed E-state index contributed by atoms with van der Waals surface area (Å²) in [7, 11) is 0. The molecule has 3 rings (SSSR count). The van der Waals surface area contributed by atoms with Gasteiger partial charge in [0.2, 0.25) is 0 Å². The zero-order valence-corrected chi connectivity index (χ0v) is 14.2. The first-order valence-electron chi connectivity index (χ1n) is 7.12. The zero-order chi connectivity index (χ0) is 17.3. The van der Waals surface area contributed by atoms with Crippen LogP contribution in [0.4, 0.5) is 4.39 Å². The minimum atomic E-state index is -0.404. The molecule has 2 aromatic carbocycles. The second kappa shape index (κ2) is 6.75. The number of aryl methyl sites for hydroxylation is 1. The third-order valence-electron chi connectivity index (χ3n) is 3.49. The lowest BCUT2D eigenvalue weighted by Crippen LogP contribution is -2.12. The van der Waals surface area contributed by atoms with Crippen LogP contribution >= 0.6 is 23.2 Å². The highest BCUT2D eigenvalue weighted by molar-refractivity contribution is 6.39. The van der Waals surface area contributed by atoms with E-state index in [1.165, 1.54) is 24.3 Å². The number of benzene rings is 2. The topological polar surface area (TPSA) is 39.2 Å². The van der Waals surface area contributed by atoms with Crippen LogP contribution in [0.2, 0.25) is 10.0 Å². The van der Waals surface area contributed by atoms with Crippen molar-refractivity contribution in [2.45, 2.75) is 6.92 Å². The lowest BCUT2D eigenvalue weighted by molar-refractivity contribution is 0.0922. The Kier molecular flexibility index (Phi) is 4.69. The molecule has 0 radical (unpaired) electrons. The van der Waals surface area contributed by atoms with Crippen LogP contribution < -0.4 is 4.74 Å². The van der Waals surface area contributed by atoms with Gasteiger partial charge in [0.25, 0.3) is 0 Å². The first kappa shape index (κ1) is 16.7. The number of fused-ring (bicyclic) bond motifs is 1. The Hall–Kier alpha value is -2.17. The Morgan fingerprint density at radius 3 is 2.54 bits per heavy atom. The van der Waals surface area contributed by atoms with Gasteiger partial charge in [-0.15, -0.1) is 0 Å². The first-order chi connectivity index (χ1) is 11.5. The summed E-state index contributed by atoms with van der Waals surface area (Å²) < 4.78 is 18.5. The number of pyridine rings is 1. The zero-order valence-electron chi connectivity index (χ0n) is 12.6. The van der Waals surface area contributed by atoms with Gasteiger partial charge >= 0.3 is 0 Å². The average Bonchev–Trinajstić information content (AvgIpc) is 2.54. The summed E-state index contributed by atoms with van der Waals surface area (Å²) in [5.74, 6) is -0.393. The number of hydrogen-bond donors (Lipinski definition) is 0. The molecular weight excluding hydrogens is 352 g/mol. The van der Waals surface area contributed by atoms with Crippen LogP contribution in [0.1, 0.15) is 16.1 Å². The monoisotopic (exact) mass is 363 g/mol. The van der Waals surface area contributed by atoms with Crippen LogP contribution in [0.25, 0.3) is 10.9 Å². The number of carbonyl (C=O) groups is 1. The lowest BCUT2D eigenvalue weighted by atomic mass is 10.1. The highest BCUT2D eigenvalue weighted by Gasteiger charge is 2.15. The van der Waals surface area contributed by atoms with Crippen molar-refractivity contribution in [2.24, 2.45) is 0 Å². The van der Waals surface area contributed by atoms with E-state index in [4.69, 9.17) is 27.9 Å². The van der Waals surface area contributed by atoms with Crippen LogP contribution in [0.3, 0.4) is 0 Å². The third-order valence-corrected chi connectivity index (χ3v) is 4.08. The van der Waals surface area contributed by atoms with E-state index in [1.807, 2.05) is 19.1 Å². The minimum absolute atomic E-state index is 0.238. The van der Waals surface area contributed by atoms with Crippen LogP contribution in [0.15, 0.2) is 42.5 Å². The average molecular weight is 364 g/mol. The molecule has 24 heavy (non-hydrogen) atoms. The van der Waals surface area contributed by atoms with Crippen molar-refractivity contribution in [3.8, 4) is 5.75 Å². The smallest absolute Gasteiger partial charge is 0.200 e. The predicted octanol–water partition coefficient (Wildman–Crippen LogP) is 5.25. The van der Waals surface area contributed by atoms with E-state index in [1.54, 1.807) is 6.07 Å². The number of nitrogens with zero attached hydrogens (tertiary/aromatic N) is 1. The summed E-state index contributed by atoms with van der Waals surface area (Å²) in [5.41, 5.74) is 1.63. The predicted molar refractivity (Wildman–Crippen MR) is 92.7 cm³/mol. The van der Waals surface area contributed by atoms with Crippen molar-refractivity contribution < 1.29 is 13.9 Å². The lowest BCUT2D eigenvalue weighted by Gasteiger charge is -2.12. The van der Waals surface area contributed by atoms with Gasteiger partial charge in [0.15, 0.2) is 18.1 Å². The van der Waals surface area contributed by atoms with E-state index in [0.717, 1.165) is 5.69 Å². The molecule has 3 nitrogen and oxygen atoms in total. The van der Waals surface area contributed by atoms with Crippen LogP contribution in [0.5, 0.6) is 5.75 Å². The van der Waals surface area contributed by atoms with Crippen molar-refractivity contribution in [3.63, 3.8) is 0 Å². The molecule has 0 aliphatic carbocycles. The van der Waals surface area contributed by atoms with Crippen LogP contribution in [-0.2, 0) is 0 Å². The summed E-state index contributed by atoms with van der Waals surface area (Å²) in [4.78, 5) is 16.6. The molecule has 0 atom stereocenters. The largest absolute Gasteiger partial charge is 0.482 e. The maximum Gasteiger partial charge on any atom is 0.200 e. The molecule has 0 fully saturated rings. The number of aromatic nitrogens is 1. The maximum absolute atomic E-state index is 12.9. The Morgan fingerprint density at radius 1 is 1.12 bits per heavy atom. The van der Waals surface area contributed by atoms with E-state index in [2.05, 4.69) is 4.98 Å². The molecule has 0 spiro atoms. The summed E-state index contributed by atoms with van der Waals surface area (Å²) in [6.45, 7) is 1.60. The number of ether oxygens (including phenoxy) is 1. The molecule has 0 bridgehead atoms. The molecule has 0 aliphatic rings. The van der Waals surface area contributed by atoms with Gasteiger partial charge in [-0.05, 0) is 49.4 Å². The molecule has 3 aromatic rings. The molecule has 0 amide bonds. The highest BCUT2D eigenvalue weighted by Crippen LogP contribution is 2.37. The fraction of sp³-hybridized carbons (Fsp3) is 0.111. The van der Waals surface area contributed by atoms with E-state index < -0.39 is 5.82 Å². The summed E-state index contributed by atoms with van der Waals surface area (Å²) >= 11 is 12.4. The second-order valence-electron chi connectivity index (χ2n) is 5.24. The Morgan fingerprint density at radius 2 is 1.83 bits per heavy atom. The van der Waals surface area contributed by atoms with Crippen LogP contribution in [-0.4, -0.2) is 17.4 Å². The SMILES string of the molecule is Cc1ccc2c(Cl)cc(Cl)c(OCC(=O)c3ccc(F)cc3)c2n1. The van der Waals surface area contributed by atoms with E-state index in [9.17, 15) is 9.18 Å². The van der Waals surface area contributed by atoms with E-state index in [0.29, 0.717) is 27.2 Å². The fourth-order valence-electron chi connectivity index (χ4n) is 2.28. The van der Waals surface area contributed by atoms with Gasteiger partial charge < -0.3 is 4.74 Å². The number of Topliss-reactive ketones (excluding diaryl/α,β-unsaturated/α-hetero) is 1. The first-order valence-corrected chi connectivity index (χ1v) is 7.88. The molecule has 0 saturated heterocycles. The number of rotatable bonds is 4. The number of halogens is 3. The number of hydrogen-bond acceptors (Lipinski definition) is 3. The van der Waals surface area contributed by atoms with Gasteiger partial charge in [-0.1, -0.05) is 23.2 Å². The van der Waals surface area contributed by atoms with E-state index in [-0.39, 0.29) is 17.4 Å². The number of carbonyl (C=O) groups excluding carboxylic acids is 1. The van der Waals surface area contributed by atoms with Crippen molar-refractivity contribution >= 4 is 39.9 Å². The summed E-state index contributed by atoms with van der Waals surface area (Å²) in [6, 6.07) is 10.5. The van der Waals surface area contributed by atoms with Crippen molar-refractivity contribution in [1.29, 1.82) is 0 Å². The normalized spacial score (nSPS) is 10.8. The third kappa shape index (κ3) is 3.35. The van der Waals surface area contributed by atoms with E-state index >= 15 is 0 Å². The van der Waals surface area contributed by atoms with Gasteiger partial charge in [-0.3, -0.25) is 4.79 Å². The van der Waals surface area contributed by atoms with Crippen molar-refractivity contribution in [1.82, 2.24) is 4.98 Å². The molecule has 0 N–H and O–H groups in total. The highest BCUT2D eigenvalue weighted by atomic mass is 35.5. The molecule has 1 aromatic heterocycles. The van der Waals surface area contributed by atoms with Crippen molar-refractivity contribution in [3.05, 3.63) is 69.6 Å². The molecule has 1 heterocycles. The quantitative estimate of drug-likeness (QED) is 0.594. The van der Waals surface area contributed by atoms with Gasteiger partial charge in [0.1, 0.15) is 11.3 Å². The van der Waals surface area contributed by atoms with Gasteiger partial charge in [0.05, 0.1) is 10.0 Å². The number of ketones is 1. The fourth-order valence-corrected chi connectivity index (χ4v) is 2.85. The maximum atomic E-state index is 12.9. The van der Waals surface area contributed by atoms with Crippen LogP contribution in [0, 0.1) is 12.7 Å². The molecule has 0 unspecified atom stereocenters. The molecule has 6 heteroatoms. The molecule has 122 valence electrons. The Labute approximate surface area is 148 Å². The Balaban J connectivity index is 1.91. The van der Waals surface area contributed by atoms with Gasteiger partial charge in [0, 0.05) is 16.6 Å². The van der Waals surface area contributed by atoms with Gasteiger partial charge in [-0.2, -0.15) is 0 Å².